The third-order valence-electron chi connectivity index (χ3n) is 3.51. The van der Waals surface area contributed by atoms with E-state index in [0.29, 0.717) is 36.6 Å². The van der Waals surface area contributed by atoms with Gasteiger partial charge >= 0.3 is 5.97 Å². The first-order valence-corrected chi connectivity index (χ1v) is 7.94. The van der Waals surface area contributed by atoms with E-state index in [1.807, 2.05) is 12.1 Å². The predicted octanol–water partition coefficient (Wildman–Crippen LogP) is 2.87. The minimum absolute atomic E-state index is 0.0917. The maximum absolute atomic E-state index is 12.1. The highest BCUT2D eigenvalue weighted by molar-refractivity contribution is 5.94. The molecule has 0 spiro atoms. The summed E-state index contributed by atoms with van der Waals surface area (Å²) in [5.41, 5.74) is 1.48. The first kappa shape index (κ1) is 18.3. The summed E-state index contributed by atoms with van der Waals surface area (Å²) in [6.07, 6.45) is 0.558. The molecule has 6 heteroatoms. The van der Waals surface area contributed by atoms with Gasteiger partial charge in [0, 0.05) is 18.5 Å². The molecule has 0 unspecified atom stereocenters. The number of hydrogen-bond donors (Lipinski definition) is 2. The van der Waals surface area contributed by atoms with Crippen LogP contribution in [0.25, 0.3) is 0 Å². The zero-order valence-electron chi connectivity index (χ0n) is 14.0. The van der Waals surface area contributed by atoms with E-state index in [0.717, 1.165) is 5.56 Å². The lowest BCUT2D eigenvalue weighted by molar-refractivity contribution is -0.137. The Morgan fingerprint density at radius 2 is 1.84 bits per heavy atom. The molecule has 0 aliphatic heterocycles. The second kappa shape index (κ2) is 9.32. The Kier molecular flexibility index (Phi) is 6.83. The Bertz CT molecular complexity index is 712. The molecule has 2 aromatic rings. The number of carboxylic acid groups (broad SMARTS) is 1. The molecule has 0 bridgehead atoms. The number of carboxylic acids is 1. The van der Waals surface area contributed by atoms with Gasteiger partial charge in [0.1, 0.15) is 11.5 Å². The molecule has 0 aliphatic rings. The lowest BCUT2D eigenvalue weighted by Crippen LogP contribution is -2.22. The van der Waals surface area contributed by atoms with Crippen molar-refractivity contribution in [1.82, 2.24) is 5.32 Å². The Morgan fingerprint density at radius 3 is 2.52 bits per heavy atom. The lowest BCUT2D eigenvalue weighted by Gasteiger charge is -2.08. The largest absolute Gasteiger partial charge is 0.497 e. The molecule has 1 amide bonds. The van der Waals surface area contributed by atoms with E-state index in [1.165, 1.54) is 0 Å². The number of methoxy groups -OCH3 is 1. The number of rotatable bonds is 9. The van der Waals surface area contributed by atoms with E-state index in [1.54, 1.807) is 43.5 Å². The van der Waals surface area contributed by atoms with Gasteiger partial charge in [-0.05, 0) is 42.3 Å². The third kappa shape index (κ3) is 6.18. The summed E-state index contributed by atoms with van der Waals surface area (Å²) in [4.78, 5) is 22.6. The second-order valence-corrected chi connectivity index (χ2v) is 5.40. The summed E-state index contributed by atoms with van der Waals surface area (Å²) in [6.45, 7) is 0.757. The topological polar surface area (TPSA) is 84.9 Å². The summed E-state index contributed by atoms with van der Waals surface area (Å²) in [6, 6.07) is 14.3. The third-order valence-corrected chi connectivity index (χ3v) is 3.51. The second-order valence-electron chi connectivity index (χ2n) is 5.40. The maximum Gasteiger partial charge on any atom is 0.303 e. The molecular formula is C19H21NO5. The van der Waals surface area contributed by atoms with Gasteiger partial charge in [-0.1, -0.05) is 18.2 Å². The number of benzene rings is 2. The molecule has 6 nitrogen and oxygen atoms in total. The quantitative estimate of drug-likeness (QED) is 0.684. The maximum atomic E-state index is 12.1. The van der Waals surface area contributed by atoms with Crippen molar-refractivity contribution in [2.45, 2.75) is 19.4 Å². The van der Waals surface area contributed by atoms with Gasteiger partial charge < -0.3 is 19.9 Å². The molecule has 0 radical (unpaired) electrons. The predicted molar refractivity (Wildman–Crippen MR) is 93.0 cm³/mol. The Labute approximate surface area is 146 Å². The summed E-state index contributed by atoms with van der Waals surface area (Å²) in [5.74, 6) is 0.309. The molecular weight excluding hydrogens is 322 g/mol. The number of ether oxygens (including phenoxy) is 2. The Hall–Kier alpha value is -3.02. The van der Waals surface area contributed by atoms with Gasteiger partial charge in [-0.15, -0.1) is 0 Å². The van der Waals surface area contributed by atoms with Crippen LogP contribution in [0.1, 0.15) is 28.8 Å². The highest BCUT2D eigenvalue weighted by Crippen LogP contribution is 2.14. The van der Waals surface area contributed by atoms with Crippen molar-refractivity contribution < 1.29 is 24.2 Å². The minimum Gasteiger partial charge on any atom is -0.497 e. The van der Waals surface area contributed by atoms with Crippen LogP contribution < -0.4 is 14.8 Å². The number of hydrogen-bond acceptors (Lipinski definition) is 4. The van der Waals surface area contributed by atoms with Crippen molar-refractivity contribution in [1.29, 1.82) is 0 Å². The molecule has 0 fully saturated rings. The van der Waals surface area contributed by atoms with Crippen LogP contribution in [0.5, 0.6) is 11.5 Å². The van der Waals surface area contributed by atoms with Gasteiger partial charge in [0.2, 0.25) is 0 Å². The van der Waals surface area contributed by atoms with Crippen molar-refractivity contribution >= 4 is 11.9 Å². The average molecular weight is 343 g/mol. The first-order chi connectivity index (χ1) is 12.1. The molecule has 2 N–H and O–H groups in total. The minimum atomic E-state index is -0.828. The molecule has 2 rings (SSSR count). The van der Waals surface area contributed by atoms with Gasteiger partial charge in [0.05, 0.1) is 13.7 Å². The number of nitrogens with one attached hydrogen (secondary N) is 1. The van der Waals surface area contributed by atoms with Gasteiger partial charge in [0.25, 0.3) is 5.91 Å². The summed E-state index contributed by atoms with van der Waals surface area (Å²) >= 11 is 0. The van der Waals surface area contributed by atoms with E-state index in [-0.39, 0.29) is 12.3 Å². The zero-order valence-corrected chi connectivity index (χ0v) is 14.0. The molecule has 0 aliphatic carbocycles. The van der Waals surface area contributed by atoms with Crippen molar-refractivity contribution in [2.75, 3.05) is 13.7 Å². The summed E-state index contributed by atoms with van der Waals surface area (Å²) < 4.78 is 10.6. The average Bonchev–Trinajstić information content (AvgIpc) is 2.64. The number of aliphatic carboxylic acids is 1. The van der Waals surface area contributed by atoms with Crippen molar-refractivity contribution in [3.8, 4) is 11.5 Å². The summed E-state index contributed by atoms with van der Waals surface area (Å²) in [5, 5.41) is 11.4. The van der Waals surface area contributed by atoms with Crippen LogP contribution in [0, 0.1) is 0 Å². The molecule has 132 valence electrons. The number of carbonyl (C=O) groups is 2. The van der Waals surface area contributed by atoms with Crippen LogP contribution in [0.2, 0.25) is 0 Å². The van der Waals surface area contributed by atoms with E-state index in [9.17, 15) is 9.59 Å². The Morgan fingerprint density at radius 1 is 1.08 bits per heavy atom. The monoisotopic (exact) mass is 343 g/mol. The van der Waals surface area contributed by atoms with Gasteiger partial charge in [0.15, 0.2) is 0 Å². The SMILES string of the molecule is COc1cccc(C(=O)NCc2ccc(OCCCC(=O)O)cc2)c1. The molecule has 0 heterocycles. The number of amides is 1. The molecule has 0 atom stereocenters. The Balaban J connectivity index is 1.80. The highest BCUT2D eigenvalue weighted by Gasteiger charge is 2.06. The highest BCUT2D eigenvalue weighted by atomic mass is 16.5. The van der Waals surface area contributed by atoms with Crippen LogP contribution in [0.4, 0.5) is 0 Å². The fourth-order valence-corrected chi connectivity index (χ4v) is 2.17. The van der Waals surface area contributed by atoms with E-state index < -0.39 is 5.97 Å². The molecule has 0 saturated carbocycles. The normalized spacial score (nSPS) is 10.1. The van der Waals surface area contributed by atoms with Gasteiger partial charge in [-0.2, -0.15) is 0 Å². The van der Waals surface area contributed by atoms with Crippen LogP contribution in [0.15, 0.2) is 48.5 Å². The zero-order chi connectivity index (χ0) is 18.1. The van der Waals surface area contributed by atoms with E-state index in [4.69, 9.17) is 14.6 Å². The molecule has 25 heavy (non-hydrogen) atoms. The van der Waals surface area contributed by atoms with Crippen LogP contribution in [0.3, 0.4) is 0 Å². The van der Waals surface area contributed by atoms with Crippen LogP contribution in [-0.4, -0.2) is 30.7 Å². The van der Waals surface area contributed by atoms with E-state index >= 15 is 0 Å². The number of carbonyl (C=O) groups excluding carboxylic acids is 1. The first-order valence-electron chi connectivity index (χ1n) is 7.94. The smallest absolute Gasteiger partial charge is 0.303 e. The lowest BCUT2D eigenvalue weighted by atomic mass is 10.2. The molecule has 2 aromatic carbocycles. The fourth-order valence-electron chi connectivity index (χ4n) is 2.17. The van der Waals surface area contributed by atoms with Crippen LogP contribution >= 0.6 is 0 Å². The van der Waals surface area contributed by atoms with E-state index in [2.05, 4.69) is 5.32 Å². The molecule has 0 saturated heterocycles. The summed E-state index contributed by atoms with van der Waals surface area (Å²) in [7, 11) is 1.56. The van der Waals surface area contributed by atoms with Crippen molar-refractivity contribution in [2.24, 2.45) is 0 Å². The fraction of sp³-hybridized carbons (Fsp3) is 0.263. The molecule has 0 aromatic heterocycles. The van der Waals surface area contributed by atoms with Crippen molar-refractivity contribution in [3.05, 3.63) is 59.7 Å². The standard InChI is InChI=1S/C19H21NO5/c1-24-17-5-2-4-15(12-17)19(23)20-13-14-7-9-16(10-8-14)25-11-3-6-18(21)22/h2,4-5,7-10,12H,3,6,11,13H2,1H3,(H,20,23)(H,21,22). The van der Waals surface area contributed by atoms with Gasteiger partial charge in [-0.3, -0.25) is 9.59 Å². The van der Waals surface area contributed by atoms with Gasteiger partial charge in [-0.25, -0.2) is 0 Å². The van der Waals surface area contributed by atoms with Crippen molar-refractivity contribution in [3.63, 3.8) is 0 Å². The van der Waals surface area contributed by atoms with Crippen LogP contribution in [-0.2, 0) is 11.3 Å².